The van der Waals surface area contributed by atoms with Crippen LogP contribution in [0.2, 0.25) is 0 Å². The number of hydrogen-bond acceptors (Lipinski definition) is 4. The predicted octanol–water partition coefficient (Wildman–Crippen LogP) is 2.88. The Bertz CT molecular complexity index is 610. The van der Waals surface area contributed by atoms with Crippen molar-refractivity contribution in [2.75, 3.05) is 12.4 Å². The van der Waals surface area contributed by atoms with Gasteiger partial charge in [0, 0.05) is 25.2 Å². The van der Waals surface area contributed by atoms with Gasteiger partial charge in [0.05, 0.1) is 6.10 Å². The molecule has 2 aromatic rings. The lowest BCUT2D eigenvalue weighted by molar-refractivity contribution is 0.125. The van der Waals surface area contributed by atoms with Crippen LogP contribution in [0.5, 0.6) is 5.75 Å². The van der Waals surface area contributed by atoms with E-state index in [9.17, 15) is 5.11 Å². The molecule has 0 aliphatic carbocycles. The molecule has 114 valence electrons. The molecule has 1 atom stereocenters. The molecule has 0 radical (unpaired) electrons. The largest absolute Gasteiger partial charge is 0.490 e. The number of benzene rings is 1. The zero-order valence-corrected chi connectivity index (χ0v) is 13.8. The number of nitrogens with zero attached hydrogens (tertiary/aromatic N) is 2. The fraction of sp³-hybridized carbons (Fsp3) is 0.438. The van der Waals surface area contributed by atoms with Gasteiger partial charge in [-0.3, -0.25) is 0 Å². The number of ether oxygens (including phenoxy) is 1. The fourth-order valence-corrected chi connectivity index (χ4v) is 2.87. The predicted molar refractivity (Wildman–Crippen MR) is 86.1 cm³/mol. The summed E-state index contributed by atoms with van der Waals surface area (Å²) in [5.41, 5.74) is 3.44. The van der Waals surface area contributed by atoms with Crippen molar-refractivity contribution >= 4 is 11.8 Å². The van der Waals surface area contributed by atoms with Gasteiger partial charge < -0.3 is 14.4 Å². The first-order valence-corrected chi connectivity index (χ1v) is 7.95. The van der Waals surface area contributed by atoms with Gasteiger partial charge in [-0.15, -0.1) is 0 Å². The van der Waals surface area contributed by atoms with Gasteiger partial charge in [0.2, 0.25) is 0 Å². The second-order valence-corrected chi connectivity index (χ2v) is 6.24. The van der Waals surface area contributed by atoms with Gasteiger partial charge >= 0.3 is 0 Å². The molecule has 0 spiro atoms. The molecule has 1 N–H and O–H groups in total. The third-order valence-electron chi connectivity index (χ3n) is 3.48. The highest BCUT2D eigenvalue weighted by Gasteiger charge is 2.11. The van der Waals surface area contributed by atoms with Crippen molar-refractivity contribution < 1.29 is 9.84 Å². The normalized spacial score (nSPS) is 12.4. The Kier molecular flexibility index (Phi) is 5.31. The average Bonchev–Trinajstić information content (AvgIpc) is 2.86. The summed E-state index contributed by atoms with van der Waals surface area (Å²) in [6.07, 6.45) is 3.13. The number of aliphatic hydroxyl groups excluding tert-OH is 1. The zero-order chi connectivity index (χ0) is 15.4. The highest BCUT2D eigenvalue weighted by molar-refractivity contribution is 7.99. The maximum absolute atomic E-state index is 10.1. The molecule has 5 heteroatoms. The molecule has 1 aromatic heterocycles. The summed E-state index contributed by atoms with van der Waals surface area (Å²) in [6.45, 7) is 6.43. The Hall–Kier alpha value is -1.46. The quantitative estimate of drug-likeness (QED) is 0.834. The summed E-state index contributed by atoms with van der Waals surface area (Å²) in [4.78, 5) is 4.22. The zero-order valence-electron chi connectivity index (χ0n) is 13.0. The van der Waals surface area contributed by atoms with Crippen LogP contribution in [0.4, 0.5) is 0 Å². The molecule has 0 fully saturated rings. The van der Waals surface area contributed by atoms with Gasteiger partial charge in [-0.05, 0) is 37.5 Å². The van der Waals surface area contributed by atoms with Crippen LogP contribution in [-0.4, -0.2) is 33.1 Å². The Morgan fingerprint density at radius 3 is 2.67 bits per heavy atom. The molecule has 2 rings (SSSR count). The van der Waals surface area contributed by atoms with Crippen LogP contribution in [0.25, 0.3) is 0 Å². The molecule has 21 heavy (non-hydrogen) atoms. The summed E-state index contributed by atoms with van der Waals surface area (Å²) in [7, 11) is 1.94. The van der Waals surface area contributed by atoms with E-state index in [0.29, 0.717) is 12.4 Å². The number of rotatable bonds is 6. The summed E-state index contributed by atoms with van der Waals surface area (Å²) in [6, 6.07) is 4.14. The lowest BCUT2D eigenvalue weighted by atomic mass is 10.1. The van der Waals surface area contributed by atoms with Crippen molar-refractivity contribution in [3.05, 3.63) is 41.2 Å². The minimum Gasteiger partial charge on any atom is -0.490 e. The maximum Gasteiger partial charge on any atom is 0.167 e. The van der Waals surface area contributed by atoms with Crippen molar-refractivity contribution in [2.24, 2.45) is 7.05 Å². The molecule has 0 saturated carbocycles. The monoisotopic (exact) mass is 306 g/mol. The van der Waals surface area contributed by atoms with Crippen LogP contribution in [-0.2, 0) is 7.05 Å². The number of hydrogen-bond donors (Lipinski definition) is 1. The number of imidazole rings is 1. The van der Waals surface area contributed by atoms with E-state index in [0.717, 1.165) is 22.0 Å². The molecule has 0 aliphatic rings. The first-order valence-electron chi connectivity index (χ1n) is 6.97. The standard InChI is InChI=1S/C16H22N2O2S/c1-11-5-6-12(2)15(13(11)3)20-9-14(19)10-21-16-17-7-8-18(16)4/h5-8,14,19H,9-10H2,1-4H3. The van der Waals surface area contributed by atoms with Gasteiger partial charge in [0.1, 0.15) is 12.4 Å². The average molecular weight is 306 g/mol. The highest BCUT2D eigenvalue weighted by atomic mass is 32.2. The van der Waals surface area contributed by atoms with E-state index < -0.39 is 6.10 Å². The minimum atomic E-state index is -0.522. The molecule has 0 aliphatic heterocycles. The van der Waals surface area contributed by atoms with Crippen LogP contribution < -0.4 is 4.74 Å². The Labute approximate surface area is 130 Å². The first-order chi connectivity index (χ1) is 9.99. The van der Waals surface area contributed by atoms with Gasteiger partial charge in [-0.25, -0.2) is 4.98 Å². The van der Waals surface area contributed by atoms with E-state index in [1.807, 2.05) is 37.7 Å². The molecule has 0 bridgehead atoms. The lowest BCUT2D eigenvalue weighted by Crippen LogP contribution is -2.21. The molecule has 1 unspecified atom stereocenters. The molecule has 0 amide bonds. The maximum atomic E-state index is 10.1. The number of aryl methyl sites for hydroxylation is 3. The number of aliphatic hydroxyl groups is 1. The van der Waals surface area contributed by atoms with E-state index in [-0.39, 0.29) is 0 Å². The Morgan fingerprint density at radius 1 is 1.29 bits per heavy atom. The molecule has 1 aromatic carbocycles. The van der Waals surface area contributed by atoms with Gasteiger partial charge in [0.25, 0.3) is 0 Å². The molecule has 1 heterocycles. The summed E-state index contributed by atoms with van der Waals surface area (Å²) in [5.74, 6) is 1.45. The Morgan fingerprint density at radius 2 is 2.00 bits per heavy atom. The van der Waals surface area contributed by atoms with Gasteiger partial charge in [-0.1, -0.05) is 23.9 Å². The van der Waals surface area contributed by atoms with E-state index >= 15 is 0 Å². The van der Waals surface area contributed by atoms with Crippen molar-refractivity contribution in [3.8, 4) is 5.75 Å². The summed E-state index contributed by atoms with van der Waals surface area (Å²) in [5, 5.41) is 11.0. The van der Waals surface area contributed by atoms with Gasteiger partial charge in [-0.2, -0.15) is 0 Å². The van der Waals surface area contributed by atoms with Crippen molar-refractivity contribution in [1.82, 2.24) is 9.55 Å². The summed E-state index contributed by atoms with van der Waals surface area (Å²) < 4.78 is 7.76. The van der Waals surface area contributed by atoms with Crippen molar-refractivity contribution in [2.45, 2.75) is 32.0 Å². The first kappa shape index (κ1) is 15.9. The third-order valence-corrected chi connectivity index (χ3v) is 4.68. The minimum absolute atomic E-state index is 0.294. The van der Waals surface area contributed by atoms with Crippen LogP contribution in [0, 0.1) is 20.8 Å². The Balaban J connectivity index is 1.88. The van der Waals surface area contributed by atoms with Crippen LogP contribution in [0.15, 0.2) is 29.7 Å². The number of aromatic nitrogens is 2. The van der Waals surface area contributed by atoms with E-state index in [1.165, 1.54) is 17.3 Å². The number of thioether (sulfide) groups is 1. The third kappa shape index (κ3) is 4.02. The van der Waals surface area contributed by atoms with Crippen LogP contribution >= 0.6 is 11.8 Å². The van der Waals surface area contributed by atoms with E-state index in [2.05, 4.69) is 18.0 Å². The SMILES string of the molecule is Cc1ccc(C)c(OCC(O)CSc2nccn2C)c1C. The topological polar surface area (TPSA) is 47.3 Å². The molecule has 0 saturated heterocycles. The molecular formula is C16H22N2O2S. The van der Waals surface area contributed by atoms with E-state index in [1.54, 1.807) is 6.20 Å². The smallest absolute Gasteiger partial charge is 0.167 e. The van der Waals surface area contributed by atoms with E-state index in [4.69, 9.17) is 4.74 Å². The van der Waals surface area contributed by atoms with Crippen molar-refractivity contribution in [3.63, 3.8) is 0 Å². The van der Waals surface area contributed by atoms with Crippen LogP contribution in [0.1, 0.15) is 16.7 Å². The fourth-order valence-electron chi connectivity index (χ4n) is 2.04. The molecular weight excluding hydrogens is 284 g/mol. The van der Waals surface area contributed by atoms with Gasteiger partial charge in [0.15, 0.2) is 5.16 Å². The second-order valence-electron chi connectivity index (χ2n) is 5.25. The van der Waals surface area contributed by atoms with Crippen LogP contribution in [0.3, 0.4) is 0 Å². The van der Waals surface area contributed by atoms with Crippen molar-refractivity contribution in [1.29, 1.82) is 0 Å². The second kappa shape index (κ2) is 7.00. The highest BCUT2D eigenvalue weighted by Crippen LogP contribution is 2.26. The summed E-state index contributed by atoms with van der Waals surface area (Å²) >= 11 is 1.53. The lowest BCUT2D eigenvalue weighted by Gasteiger charge is -2.16. The molecule has 4 nitrogen and oxygen atoms in total.